The number of nitrogens with zero attached hydrogens (tertiary/aromatic N) is 2. The molecule has 0 saturated carbocycles. The number of ether oxygens (including phenoxy) is 1. The Bertz CT molecular complexity index is 380. The summed E-state index contributed by atoms with van der Waals surface area (Å²) >= 11 is 0. The van der Waals surface area contributed by atoms with Gasteiger partial charge in [-0.3, -0.25) is 10.1 Å². The molecular weight excluding hydrogens is 210 g/mol. The van der Waals surface area contributed by atoms with E-state index < -0.39 is 4.92 Å². The first kappa shape index (κ1) is 12.2. The van der Waals surface area contributed by atoms with Crippen LogP contribution in [-0.2, 0) is 0 Å². The van der Waals surface area contributed by atoms with Crippen molar-refractivity contribution >= 4 is 11.5 Å². The smallest absolute Gasteiger partial charge is 0.331 e. The van der Waals surface area contributed by atoms with E-state index in [1.54, 1.807) is 13.1 Å². The molecule has 1 aromatic rings. The minimum atomic E-state index is -0.498. The van der Waals surface area contributed by atoms with Gasteiger partial charge in [0.2, 0.25) is 0 Å². The van der Waals surface area contributed by atoms with Crippen molar-refractivity contribution in [3.63, 3.8) is 0 Å². The van der Waals surface area contributed by atoms with Crippen LogP contribution in [0, 0.1) is 16.0 Å². The molecule has 16 heavy (non-hydrogen) atoms. The summed E-state index contributed by atoms with van der Waals surface area (Å²) in [5, 5.41) is 13.5. The molecule has 0 saturated heterocycles. The third-order valence-corrected chi connectivity index (χ3v) is 1.85. The molecule has 0 radical (unpaired) electrons. The topological polar surface area (TPSA) is 77.3 Å². The average molecular weight is 225 g/mol. The highest BCUT2D eigenvalue weighted by Gasteiger charge is 2.17. The van der Waals surface area contributed by atoms with E-state index in [9.17, 15) is 10.1 Å². The zero-order valence-electron chi connectivity index (χ0n) is 9.56. The third-order valence-electron chi connectivity index (χ3n) is 1.85. The predicted molar refractivity (Wildman–Crippen MR) is 60.8 cm³/mol. The van der Waals surface area contributed by atoms with Crippen LogP contribution in [0.2, 0.25) is 0 Å². The van der Waals surface area contributed by atoms with E-state index in [-0.39, 0.29) is 11.6 Å². The molecule has 0 atom stereocenters. The van der Waals surface area contributed by atoms with Crippen LogP contribution in [0.25, 0.3) is 0 Å². The van der Waals surface area contributed by atoms with Crippen molar-refractivity contribution in [2.75, 3.05) is 19.0 Å². The molecule has 0 bridgehead atoms. The van der Waals surface area contributed by atoms with Crippen LogP contribution >= 0.6 is 0 Å². The summed E-state index contributed by atoms with van der Waals surface area (Å²) in [6.07, 6.45) is 0. The van der Waals surface area contributed by atoms with Gasteiger partial charge in [0.1, 0.15) is 5.82 Å². The Hall–Kier alpha value is -1.85. The van der Waals surface area contributed by atoms with Crippen molar-refractivity contribution in [2.45, 2.75) is 13.8 Å². The molecule has 1 aromatic heterocycles. The summed E-state index contributed by atoms with van der Waals surface area (Å²) < 4.78 is 5.31. The average Bonchev–Trinajstić information content (AvgIpc) is 2.25. The molecule has 0 aliphatic carbocycles. The van der Waals surface area contributed by atoms with Gasteiger partial charge in [0.25, 0.3) is 5.88 Å². The summed E-state index contributed by atoms with van der Waals surface area (Å²) in [4.78, 5) is 14.2. The minimum absolute atomic E-state index is 0.0607. The van der Waals surface area contributed by atoms with Crippen LogP contribution in [0.3, 0.4) is 0 Å². The molecule has 0 spiro atoms. The molecule has 1 rings (SSSR count). The minimum Gasteiger partial charge on any atom is -0.472 e. The van der Waals surface area contributed by atoms with Gasteiger partial charge in [0.05, 0.1) is 11.5 Å². The van der Waals surface area contributed by atoms with Crippen LogP contribution in [0.1, 0.15) is 13.8 Å². The number of hydrogen-bond acceptors (Lipinski definition) is 5. The van der Waals surface area contributed by atoms with Crippen LogP contribution in [0.5, 0.6) is 5.88 Å². The van der Waals surface area contributed by atoms with Crippen molar-refractivity contribution in [3.05, 3.63) is 22.2 Å². The molecule has 88 valence electrons. The maximum atomic E-state index is 10.7. The van der Waals surface area contributed by atoms with Gasteiger partial charge in [-0.05, 0) is 12.0 Å². The van der Waals surface area contributed by atoms with Crippen molar-refractivity contribution in [1.29, 1.82) is 0 Å². The van der Waals surface area contributed by atoms with Gasteiger partial charge in [-0.2, -0.15) is 4.98 Å². The Kier molecular flexibility index (Phi) is 4.04. The summed E-state index contributed by atoms with van der Waals surface area (Å²) in [5.74, 6) is 0.898. The van der Waals surface area contributed by atoms with E-state index in [0.717, 1.165) is 0 Å². The second-order valence-electron chi connectivity index (χ2n) is 3.73. The fraction of sp³-hybridized carbons (Fsp3) is 0.500. The molecule has 6 heteroatoms. The molecule has 0 amide bonds. The Labute approximate surface area is 93.8 Å². The van der Waals surface area contributed by atoms with Crippen molar-refractivity contribution in [1.82, 2.24) is 4.98 Å². The highest BCUT2D eigenvalue weighted by molar-refractivity contribution is 5.48. The molecule has 0 aromatic carbocycles. The first-order valence-corrected chi connectivity index (χ1v) is 5.00. The summed E-state index contributed by atoms with van der Waals surface area (Å²) in [5.41, 5.74) is -0.111. The number of anilines is 1. The Morgan fingerprint density at radius 1 is 1.56 bits per heavy atom. The van der Waals surface area contributed by atoms with E-state index in [4.69, 9.17) is 4.74 Å². The zero-order chi connectivity index (χ0) is 12.1. The van der Waals surface area contributed by atoms with Crippen LogP contribution in [0.15, 0.2) is 12.1 Å². The zero-order valence-corrected chi connectivity index (χ0v) is 9.56. The maximum absolute atomic E-state index is 10.7. The van der Waals surface area contributed by atoms with Crippen molar-refractivity contribution in [2.24, 2.45) is 5.92 Å². The van der Waals surface area contributed by atoms with Crippen molar-refractivity contribution in [3.8, 4) is 5.88 Å². The quantitative estimate of drug-likeness (QED) is 0.613. The van der Waals surface area contributed by atoms with Gasteiger partial charge >= 0.3 is 5.69 Å². The SMILES string of the molecule is CNc1ccc([N+](=O)[O-])c(OCC(C)C)n1. The lowest BCUT2D eigenvalue weighted by Crippen LogP contribution is -2.08. The molecule has 0 unspecified atom stereocenters. The van der Waals surface area contributed by atoms with Crippen LogP contribution < -0.4 is 10.1 Å². The lowest BCUT2D eigenvalue weighted by molar-refractivity contribution is -0.386. The van der Waals surface area contributed by atoms with E-state index >= 15 is 0 Å². The molecule has 6 nitrogen and oxygen atoms in total. The monoisotopic (exact) mass is 225 g/mol. The van der Waals surface area contributed by atoms with E-state index in [1.807, 2.05) is 13.8 Å². The van der Waals surface area contributed by atoms with Crippen LogP contribution in [0.4, 0.5) is 11.5 Å². The molecular formula is C10H15N3O3. The second kappa shape index (κ2) is 5.29. The van der Waals surface area contributed by atoms with E-state index in [2.05, 4.69) is 10.3 Å². The van der Waals surface area contributed by atoms with Gasteiger partial charge in [-0.15, -0.1) is 0 Å². The fourth-order valence-electron chi connectivity index (χ4n) is 1.06. The fourth-order valence-corrected chi connectivity index (χ4v) is 1.06. The normalized spacial score (nSPS) is 10.2. The van der Waals surface area contributed by atoms with Gasteiger partial charge < -0.3 is 10.1 Å². The van der Waals surface area contributed by atoms with Gasteiger partial charge in [-0.1, -0.05) is 13.8 Å². The summed E-state index contributed by atoms with van der Waals surface area (Å²) in [6.45, 7) is 4.34. The maximum Gasteiger partial charge on any atom is 0.331 e. The highest BCUT2D eigenvalue weighted by Crippen LogP contribution is 2.26. The standard InChI is InChI=1S/C10H15N3O3/c1-7(2)6-16-10-8(13(14)15)4-5-9(11-3)12-10/h4-5,7H,6H2,1-3H3,(H,11,12). The van der Waals surface area contributed by atoms with Gasteiger partial charge in [0.15, 0.2) is 0 Å². The molecule has 0 aliphatic rings. The number of pyridine rings is 1. The number of hydrogen-bond donors (Lipinski definition) is 1. The Morgan fingerprint density at radius 2 is 2.25 bits per heavy atom. The Balaban J connectivity index is 2.96. The van der Waals surface area contributed by atoms with Crippen molar-refractivity contribution < 1.29 is 9.66 Å². The molecule has 0 aliphatic heterocycles. The third kappa shape index (κ3) is 3.08. The molecule has 1 N–H and O–H groups in total. The Morgan fingerprint density at radius 3 is 2.75 bits per heavy atom. The van der Waals surface area contributed by atoms with Crippen LogP contribution in [-0.4, -0.2) is 23.6 Å². The van der Waals surface area contributed by atoms with Gasteiger partial charge in [0, 0.05) is 13.1 Å². The molecule has 1 heterocycles. The highest BCUT2D eigenvalue weighted by atomic mass is 16.6. The number of aromatic nitrogens is 1. The van der Waals surface area contributed by atoms with E-state index in [1.165, 1.54) is 6.07 Å². The first-order chi connectivity index (χ1) is 7.54. The number of rotatable bonds is 5. The molecule has 0 fully saturated rings. The van der Waals surface area contributed by atoms with Gasteiger partial charge in [-0.25, -0.2) is 0 Å². The first-order valence-electron chi connectivity index (χ1n) is 5.00. The van der Waals surface area contributed by atoms with E-state index in [0.29, 0.717) is 18.3 Å². The lowest BCUT2D eigenvalue weighted by Gasteiger charge is -2.09. The number of nitrogens with one attached hydrogen (secondary N) is 1. The largest absolute Gasteiger partial charge is 0.472 e. The predicted octanol–water partition coefficient (Wildman–Crippen LogP) is 2.07. The summed E-state index contributed by atoms with van der Waals surface area (Å²) in [6, 6.07) is 2.93. The second-order valence-corrected chi connectivity index (χ2v) is 3.73. The lowest BCUT2D eigenvalue weighted by atomic mass is 10.2. The number of nitro groups is 1. The summed E-state index contributed by atoms with van der Waals surface area (Å²) in [7, 11) is 1.69.